The zero-order valence-corrected chi connectivity index (χ0v) is 11.6. The second-order valence-electron chi connectivity index (χ2n) is 4.41. The summed E-state index contributed by atoms with van der Waals surface area (Å²) in [6.45, 7) is 4.05. The van der Waals surface area contributed by atoms with Gasteiger partial charge < -0.3 is 10.6 Å². The van der Waals surface area contributed by atoms with Gasteiger partial charge in [-0.15, -0.1) is 0 Å². The number of piperidine rings is 1. The number of nitrogens with two attached hydrogens (primary N) is 1. The number of hydrogen-bond donors (Lipinski definition) is 1. The zero-order chi connectivity index (χ0) is 11.5. The Morgan fingerprint density at radius 2 is 2.44 bits per heavy atom. The van der Waals surface area contributed by atoms with Gasteiger partial charge in [-0.05, 0) is 41.4 Å². The molecule has 88 valence electrons. The Hall–Kier alpha value is -0.430. The fourth-order valence-electron chi connectivity index (χ4n) is 2.27. The van der Waals surface area contributed by atoms with Crippen molar-refractivity contribution in [3.05, 3.63) is 16.1 Å². The van der Waals surface area contributed by atoms with E-state index in [0.29, 0.717) is 12.6 Å². The minimum absolute atomic E-state index is 0.423. The molecule has 0 aliphatic carbocycles. The van der Waals surface area contributed by atoms with Gasteiger partial charge in [-0.1, -0.05) is 6.92 Å². The Labute approximate surface area is 110 Å². The molecule has 2 heterocycles. The molecule has 16 heavy (non-hydrogen) atoms. The third-order valence-electron chi connectivity index (χ3n) is 3.17. The summed E-state index contributed by atoms with van der Waals surface area (Å²) in [6, 6.07) is 0.423. The van der Waals surface area contributed by atoms with Gasteiger partial charge in [0.05, 0.1) is 3.57 Å². The molecule has 1 aromatic rings. The van der Waals surface area contributed by atoms with Crippen LogP contribution in [-0.4, -0.2) is 29.1 Å². The molecule has 5 heteroatoms. The van der Waals surface area contributed by atoms with Gasteiger partial charge in [-0.25, -0.2) is 9.97 Å². The van der Waals surface area contributed by atoms with Crippen molar-refractivity contribution in [1.82, 2.24) is 9.97 Å². The smallest absolute Gasteiger partial charge is 0.145 e. The van der Waals surface area contributed by atoms with E-state index in [0.717, 1.165) is 28.3 Å². The highest BCUT2D eigenvalue weighted by atomic mass is 127. The molecule has 4 nitrogen and oxygen atoms in total. The zero-order valence-electron chi connectivity index (χ0n) is 9.43. The SMILES string of the molecule is CC1CCN(c2ncncc2I)C(CN)C1. The standard InChI is InChI=1S/C11H17IN4/c1-8-2-3-16(9(4-8)5-13)11-10(12)6-14-7-15-11/h6-9H,2-5,13H2,1H3. The molecule has 1 aliphatic heterocycles. The van der Waals surface area contributed by atoms with E-state index in [1.807, 2.05) is 6.20 Å². The third-order valence-corrected chi connectivity index (χ3v) is 3.93. The first kappa shape index (κ1) is 12.0. The lowest BCUT2D eigenvalue weighted by molar-refractivity contribution is 0.364. The highest BCUT2D eigenvalue weighted by Crippen LogP contribution is 2.28. The van der Waals surface area contributed by atoms with Crippen LogP contribution < -0.4 is 10.6 Å². The summed E-state index contributed by atoms with van der Waals surface area (Å²) in [6.07, 6.45) is 5.85. The molecule has 0 spiro atoms. The molecule has 1 aromatic heterocycles. The van der Waals surface area contributed by atoms with Crippen LogP contribution in [0, 0.1) is 9.49 Å². The molecule has 1 aliphatic rings. The van der Waals surface area contributed by atoms with Gasteiger partial charge in [0, 0.05) is 25.3 Å². The minimum atomic E-state index is 0.423. The van der Waals surface area contributed by atoms with Crippen molar-refractivity contribution in [2.24, 2.45) is 11.7 Å². The van der Waals surface area contributed by atoms with Gasteiger partial charge in [0.15, 0.2) is 0 Å². The van der Waals surface area contributed by atoms with Crippen LogP contribution in [-0.2, 0) is 0 Å². The molecule has 2 atom stereocenters. The summed E-state index contributed by atoms with van der Waals surface area (Å²) in [4.78, 5) is 10.7. The average Bonchev–Trinajstić information content (AvgIpc) is 2.30. The van der Waals surface area contributed by atoms with Gasteiger partial charge in [0.25, 0.3) is 0 Å². The van der Waals surface area contributed by atoms with Crippen LogP contribution in [0.25, 0.3) is 0 Å². The Morgan fingerprint density at radius 1 is 1.62 bits per heavy atom. The number of rotatable bonds is 2. The maximum Gasteiger partial charge on any atom is 0.145 e. The maximum absolute atomic E-state index is 5.86. The van der Waals surface area contributed by atoms with Crippen molar-refractivity contribution < 1.29 is 0 Å². The van der Waals surface area contributed by atoms with Crippen LogP contribution in [0.2, 0.25) is 0 Å². The molecule has 0 saturated carbocycles. The van der Waals surface area contributed by atoms with Crippen molar-refractivity contribution in [2.75, 3.05) is 18.0 Å². The number of nitrogens with zero attached hydrogens (tertiary/aromatic N) is 3. The Kier molecular flexibility index (Phi) is 3.96. The highest BCUT2D eigenvalue weighted by Gasteiger charge is 2.27. The lowest BCUT2D eigenvalue weighted by Gasteiger charge is -2.39. The molecule has 0 bridgehead atoms. The molecule has 0 amide bonds. The molecular formula is C11H17IN4. The van der Waals surface area contributed by atoms with Gasteiger partial charge in [-0.2, -0.15) is 0 Å². The van der Waals surface area contributed by atoms with Crippen LogP contribution in [0.4, 0.5) is 5.82 Å². The number of hydrogen-bond acceptors (Lipinski definition) is 4. The summed E-state index contributed by atoms with van der Waals surface area (Å²) in [7, 11) is 0. The first-order valence-corrected chi connectivity index (χ1v) is 6.72. The first-order valence-electron chi connectivity index (χ1n) is 5.64. The molecule has 1 fully saturated rings. The predicted molar refractivity (Wildman–Crippen MR) is 73.3 cm³/mol. The average molecular weight is 332 g/mol. The van der Waals surface area contributed by atoms with Gasteiger partial charge >= 0.3 is 0 Å². The number of anilines is 1. The lowest BCUT2D eigenvalue weighted by Crippen LogP contribution is -2.47. The molecule has 0 radical (unpaired) electrons. The fourth-order valence-corrected chi connectivity index (χ4v) is 2.88. The summed E-state index contributed by atoms with van der Waals surface area (Å²) in [5, 5.41) is 0. The van der Waals surface area contributed by atoms with E-state index in [2.05, 4.69) is 44.4 Å². The highest BCUT2D eigenvalue weighted by molar-refractivity contribution is 14.1. The molecule has 2 rings (SSSR count). The van der Waals surface area contributed by atoms with Crippen molar-refractivity contribution in [1.29, 1.82) is 0 Å². The fraction of sp³-hybridized carbons (Fsp3) is 0.636. The number of halogens is 1. The van der Waals surface area contributed by atoms with Crippen molar-refractivity contribution >= 4 is 28.4 Å². The molecular weight excluding hydrogens is 315 g/mol. The predicted octanol–water partition coefficient (Wildman–Crippen LogP) is 1.64. The van der Waals surface area contributed by atoms with E-state index >= 15 is 0 Å². The van der Waals surface area contributed by atoms with Crippen molar-refractivity contribution in [3.63, 3.8) is 0 Å². The van der Waals surface area contributed by atoms with E-state index in [1.165, 1.54) is 6.42 Å². The maximum atomic E-state index is 5.86. The second-order valence-corrected chi connectivity index (χ2v) is 5.57. The van der Waals surface area contributed by atoms with E-state index in [1.54, 1.807) is 6.33 Å². The minimum Gasteiger partial charge on any atom is -0.351 e. The summed E-state index contributed by atoms with van der Waals surface area (Å²) in [5.41, 5.74) is 5.86. The molecule has 2 unspecified atom stereocenters. The van der Waals surface area contributed by atoms with Crippen molar-refractivity contribution in [3.8, 4) is 0 Å². The van der Waals surface area contributed by atoms with Crippen LogP contribution in [0.5, 0.6) is 0 Å². The van der Waals surface area contributed by atoms with E-state index < -0.39 is 0 Å². The largest absolute Gasteiger partial charge is 0.351 e. The van der Waals surface area contributed by atoms with Gasteiger partial charge in [-0.3, -0.25) is 0 Å². The summed E-state index contributed by atoms with van der Waals surface area (Å²) < 4.78 is 1.10. The molecule has 1 saturated heterocycles. The second kappa shape index (κ2) is 5.27. The topological polar surface area (TPSA) is 55.0 Å². The Morgan fingerprint density at radius 3 is 3.12 bits per heavy atom. The molecule has 2 N–H and O–H groups in total. The monoisotopic (exact) mass is 332 g/mol. The quantitative estimate of drug-likeness (QED) is 0.837. The van der Waals surface area contributed by atoms with Crippen LogP contribution in [0.1, 0.15) is 19.8 Å². The van der Waals surface area contributed by atoms with Crippen LogP contribution >= 0.6 is 22.6 Å². The normalized spacial score (nSPS) is 25.8. The number of aromatic nitrogens is 2. The van der Waals surface area contributed by atoms with Crippen LogP contribution in [0.15, 0.2) is 12.5 Å². The molecule has 0 aromatic carbocycles. The van der Waals surface area contributed by atoms with E-state index in [9.17, 15) is 0 Å². The van der Waals surface area contributed by atoms with E-state index in [-0.39, 0.29) is 0 Å². The van der Waals surface area contributed by atoms with E-state index in [4.69, 9.17) is 5.73 Å². The third kappa shape index (κ3) is 2.45. The summed E-state index contributed by atoms with van der Waals surface area (Å²) in [5.74, 6) is 1.81. The van der Waals surface area contributed by atoms with Crippen molar-refractivity contribution in [2.45, 2.75) is 25.8 Å². The Bertz CT molecular complexity index is 358. The van der Waals surface area contributed by atoms with Gasteiger partial charge in [0.1, 0.15) is 12.1 Å². The lowest BCUT2D eigenvalue weighted by atomic mass is 9.92. The first-order chi connectivity index (χ1) is 7.72. The summed E-state index contributed by atoms with van der Waals surface area (Å²) >= 11 is 2.29. The Balaban J connectivity index is 2.22. The van der Waals surface area contributed by atoms with Crippen LogP contribution in [0.3, 0.4) is 0 Å². The van der Waals surface area contributed by atoms with Gasteiger partial charge in [0.2, 0.25) is 0 Å².